The molecular formula is C17H22N2O3. The van der Waals surface area contributed by atoms with Gasteiger partial charge in [0.1, 0.15) is 11.5 Å². The Labute approximate surface area is 130 Å². The van der Waals surface area contributed by atoms with Gasteiger partial charge in [0.05, 0.1) is 0 Å². The van der Waals surface area contributed by atoms with E-state index >= 15 is 0 Å². The summed E-state index contributed by atoms with van der Waals surface area (Å²) in [5.41, 5.74) is 0.988. The quantitative estimate of drug-likeness (QED) is 0.935. The first-order valence-electron chi connectivity index (χ1n) is 7.27. The van der Waals surface area contributed by atoms with Crippen LogP contribution < -0.4 is 10.1 Å². The normalized spacial score (nSPS) is 12.8. The molecule has 0 fully saturated rings. The third-order valence-corrected chi connectivity index (χ3v) is 3.20. The van der Waals surface area contributed by atoms with E-state index in [0.717, 1.165) is 11.3 Å². The topological polar surface area (TPSA) is 64.4 Å². The van der Waals surface area contributed by atoms with Crippen molar-refractivity contribution in [2.24, 2.45) is 0 Å². The molecule has 0 saturated carbocycles. The molecule has 1 N–H and O–H groups in total. The molecule has 0 saturated heterocycles. The molecule has 0 bridgehead atoms. The molecule has 0 spiro atoms. The van der Waals surface area contributed by atoms with Crippen LogP contribution in [0.2, 0.25) is 0 Å². The summed E-state index contributed by atoms with van der Waals surface area (Å²) in [6.45, 7) is 9.74. The Balaban J connectivity index is 1.96. The fourth-order valence-corrected chi connectivity index (χ4v) is 1.79. The lowest BCUT2D eigenvalue weighted by Crippen LogP contribution is -2.30. The van der Waals surface area contributed by atoms with Crippen LogP contribution in [0.5, 0.6) is 5.75 Å². The van der Waals surface area contributed by atoms with E-state index in [1.54, 1.807) is 13.0 Å². The average Bonchev–Trinajstić information content (AvgIpc) is 2.90. The first-order valence-corrected chi connectivity index (χ1v) is 7.27. The van der Waals surface area contributed by atoms with Crippen LogP contribution in [0, 0.1) is 6.92 Å². The van der Waals surface area contributed by atoms with Gasteiger partial charge in [0.2, 0.25) is 0 Å². The zero-order valence-electron chi connectivity index (χ0n) is 13.6. The maximum atomic E-state index is 12.1. The van der Waals surface area contributed by atoms with Crippen molar-refractivity contribution in [2.45, 2.75) is 46.1 Å². The average molecular weight is 302 g/mol. The van der Waals surface area contributed by atoms with Crippen LogP contribution in [0.3, 0.4) is 0 Å². The first-order chi connectivity index (χ1) is 10.3. The molecule has 0 aliphatic heterocycles. The highest BCUT2D eigenvalue weighted by Gasteiger charge is 2.22. The van der Waals surface area contributed by atoms with E-state index in [0.29, 0.717) is 11.6 Å². The molecule has 0 aliphatic carbocycles. The maximum Gasteiger partial charge on any atom is 0.266 e. The first kappa shape index (κ1) is 16.1. The van der Waals surface area contributed by atoms with Crippen molar-refractivity contribution in [3.63, 3.8) is 0 Å². The Bertz CT molecular complexity index is 639. The Kier molecular flexibility index (Phi) is 4.54. The minimum absolute atomic E-state index is 0.153. The second-order valence-corrected chi connectivity index (χ2v) is 6.39. The number of carbonyl (C=O) groups is 1. The Morgan fingerprint density at radius 1 is 1.27 bits per heavy atom. The summed E-state index contributed by atoms with van der Waals surface area (Å²) in [5, 5.41) is 6.56. The summed E-state index contributed by atoms with van der Waals surface area (Å²) in [5.74, 6) is 1.50. The summed E-state index contributed by atoms with van der Waals surface area (Å²) in [6, 6.07) is 9.29. The van der Waals surface area contributed by atoms with Crippen molar-refractivity contribution < 1.29 is 14.1 Å². The van der Waals surface area contributed by atoms with Gasteiger partial charge in [-0.05, 0) is 26.0 Å². The van der Waals surface area contributed by atoms with E-state index in [1.807, 2.05) is 52.0 Å². The van der Waals surface area contributed by atoms with Crippen molar-refractivity contribution in [1.82, 2.24) is 5.16 Å². The summed E-state index contributed by atoms with van der Waals surface area (Å²) in [7, 11) is 0. The molecule has 5 nitrogen and oxygen atoms in total. The van der Waals surface area contributed by atoms with Crippen LogP contribution in [-0.2, 0) is 10.2 Å². The van der Waals surface area contributed by atoms with Crippen molar-refractivity contribution in [1.29, 1.82) is 0 Å². The highest BCUT2D eigenvalue weighted by Crippen LogP contribution is 2.24. The number of amides is 1. The van der Waals surface area contributed by atoms with Gasteiger partial charge >= 0.3 is 0 Å². The number of nitrogens with zero attached hydrogens (tertiary/aromatic N) is 1. The molecule has 0 radical (unpaired) electrons. The molecule has 1 atom stereocenters. The second-order valence-electron chi connectivity index (χ2n) is 6.39. The molecule has 1 heterocycles. The molecule has 2 aromatic rings. The molecule has 0 unspecified atom stereocenters. The van der Waals surface area contributed by atoms with Gasteiger partial charge in [-0.2, -0.15) is 0 Å². The minimum atomic E-state index is -0.627. The van der Waals surface area contributed by atoms with Gasteiger partial charge in [-0.3, -0.25) is 4.79 Å². The molecule has 0 aliphatic rings. The SMILES string of the molecule is Cc1ccc(O[C@H](C)C(=O)Nc2cc(C(C)(C)C)on2)cc1. The van der Waals surface area contributed by atoms with Crippen molar-refractivity contribution in [3.8, 4) is 5.75 Å². The third-order valence-electron chi connectivity index (χ3n) is 3.20. The Morgan fingerprint density at radius 2 is 1.91 bits per heavy atom. The van der Waals surface area contributed by atoms with Crippen LogP contribution in [0.25, 0.3) is 0 Å². The highest BCUT2D eigenvalue weighted by atomic mass is 16.5. The number of hydrogen-bond acceptors (Lipinski definition) is 4. The van der Waals surface area contributed by atoms with Gasteiger partial charge in [-0.15, -0.1) is 0 Å². The van der Waals surface area contributed by atoms with Gasteiger partial charge in [0.25, 0.3) is 5.91 Å². The van der Waals surface area contributed by atoms with E-state index in [2.05, 4.69) is 10.5 Å². The number of aromatic nitrogens is 1. The highest BCUT2D eigenvalue weighted by molar-refractivity contribution is 5.93. The standard InChI is InChI=1S/C17H22N2O3/c1-11-6-8-13(9-7-11)21-12(2)16(20)18-15-10-14(22-19-15)17(3,4)5/h6-10,12H,1-5H3,(H,18,19,20)/t12-/m1/s1. The summed E-state index contributed by atoms with van der Waals surface area (Å²) < 4.78 is 10.8. The fourth-order valence-electron chi connectivity index (χ4n) is 1.79. The minimum Gasteiger partial charge on any atom is -0.481 e. The molecular weight excluding hydrogens is 280 g/mol. The van der Waals surface area contributed by atoms with E-state index in [9.17, 15) is 4.79 Å². The fraction of sp³-hybridized carbons (Fsp3) is 0.412. The van der Waals surface area contributed by atoms with E-state index in [-0.39, 0.29) is 11.3 Å². The number of carbonyl (C=O) groups excluding carboxylic acids is 1. The van der Waals surface area contributed by atoms with Gasteiger partial charge < -0.3 is 14.6 Å². The van der Waals surface area contributed by atoms with Gasteiger partial charge in [0.15, 0.2) is 11.9 Å². The van der Waals surface area contributed by atoms with Gasteiger partial charge in [-0.1, -0.05) is 43.6 Å². The predicted molar refractivity (Wildman–Crippen MR) is 85.1 cm³/mol. The summed E-state index contributed by atoms with van der Waals surface area (Å²) in [6.07, 6.45) is -0.627. The molecule has 1 aromatic heterocycles. The number of hydrogen-bond donors (Lipinski definition) is 1. The van der Waals surface area contributed by atoms with Gasteiger partial charge in [-0.25, -0.2) is 0 Å². The van der Waals surface area contributed by atoms with Crippen LogP contribution in [0.4, 0.5) is 5.82 Å². The number of nitrogens with one attached hydrogen (secondary N) is 1. The smallest absolute Gasteiger partial charge is 0.266 e. The predicted octanol–water partition coefficient (Wildman–Crippen LogP) is 3.69. The lowest BCUT2D eigenvalue weighted by Gasteiger charge is -2.14. The summed E-state index contributed by atoms with van der Waals surface area (Å²) in [4.78, 5) is 12.1. The van der Waals surface area contributed by atoms with Gasteiger partial charge in [0, 0.05) is 11.5 Å². The Hall–Kier alpha value is -2.30. The number of ether oxygens (including phenoxy) is 1. The third kappa shape index (κ3) is 4.10. The van der Waals surface area contributed by atoms with E-state index in [4.69, 9.17) is 9.26 Å². The molecule has 5 heteroatoms. The van der Waals surface area contributed by atoms with Crippen LogP contribution in [-0.4, -0.2) is 17.2 Å². The Morgan fingerprint density at radius 3 is 2.45 bits per heavy atom. The second kappa shape index (κ2) is 6.22. The summed E-state index contributed by atoms with van der Waals surface area (Å²) >= 11 is 0. The van der Waals surface area contributed by atoms with Crippen molar-refractivity contribution in [2.75, 3.05) is 5.32 Å². The number of rotatable bonds is 4. The van der Waals surface area contributed by atoms with E-state index in [1.165, 1.54) is 0 Å². The zero-order valence-corrected chi connectivity index (χ0v) is 13.6. The largest absolute Gasteiger partial charge is 0.481 e. The van der Waals surface area contributed by atoms with Crippen LogP contribution in [0.15, 0.2) is 34.9 Å². The monoisotopic (exact) mass is 302 g/mol. The van der Waals surface area contributed by atoms with Crippen molar-refractivity contribution in [3.05, 3.63) is 41.7 Å². The molecule has 2 rings (SSSR count). The van der Waals surface area contributed by atoms with Crippen LogP contribution in [0.1, 0.15) is 39.0 Å². The molecule has 22 heavy (non-hydrogen) atoms. The lowest BCUT2D eigenvalue weighted by molar-refractivity contribution is -0.122. The molecule has 118 valence electrons. The molecule has 1 aromatic carbocycles. The zero-order chi connectivity index (χ0) is 16.3. The number of benzene rings is 1. The van der Waals surface area contributed by atoms with E-state index < -0.39 is 6.10 Å². The van der Waals surface area contributed by atoms with Crippen LogP contribution >= 0.6 is 0 Å². The lowest BCUT2D eigenvalue weighted by atomic mass is 9.93. The number of aryl methyl sites for hydroxylation is 1. The van der Waals surface area contributed by atoms with Crippen molar-refractivity contribution >= 4 is 11.7 Å². The maximum absolute atomic E-state index is 12.1. The number of anilines is 1. The molecule has 1 amide bonds.